The van der Waals surface area contributed by atoms with Crippen LogP contribution in [0.2, 0.25) is 0 Å². The molecule has 1 aromatic heterocycles. The Bertz CT molecular complexity index is 496. The molecule has 1 N–H and O–H groups in total. The molecule has 0 fully saturated rings. The summed E-state index contributed by atoms with van der Waals surface area (Å²) in [7, 11) is -3.83. The van der Waals surface area contributed by atoms with Crippen molar-refractivity contribution in [3.63, 3.8) is 0 Å². The van der Waals surface area contributed by atoms with E-state index in [-0.39, 0.29) is 13.2 Å². The van der Waals surface area contributed by atoms with E-state index in [0.29, 0.717) is 4.88 Å². The highest BCUT2D eigenvalue weighted by Crippen LogP contribution is 2.58. The second-order valence-electron chi connectivity index (χ2n) is 3.77. The molecule has 1 atom stereocenters. The molecule has 1 aromatic rings. The predicted octanol–water partition coefficient (Wildman–Crippen LogP) is 4.44. The highest BCUT2D eigenvalue weighted by atomic mass is 35.6. The Labute approximate surface area is 142 Å². The largest absolute Gasteiger partial charge is 0.357 e. The van der Waals surface area contributed by atoms with Crippen LogP contribution in [0.5, 0.6) is 0 Å². The molecule has 1 rings (SSSR count). The van der Waals surface area contributed by atoms with E-state index in [9.17, 15) is 9.36 Å². The van der Waals surface area contributed by atoms with Gasteiger partial charge in [0.25, 0.3) is 5.91 Å². The summed E-state index contributed by atoms with van der Waals surface area (Å²) in [5, 5.41) is 4.16. The lowest BCUT2D eigenvalue weighted by Gasteiger charge is -2.31. The van der Waals surface area contributed by atoms with Crippen LogP contribution in [0.25, 0.3) is 0 Å². The molecule has 0 unspecified atom stereocenters. The maximum atomic E-state index is 12.8. The number of carbonyl (C=O) groups excluding carboxylic acids is 1. The maximum Gasteiger partial charge on any atom is 0.357 e. The van der Waals surface area contributed by atoms with Gasteiger partial charge in [0.1, 0.15) is 0 Å². The van der Waals surface area contributed by atoms with Gasteiger partial charge >= 0.3 is 7.60 Å². The molecule has 120 valence electrons. The van der Waals surface area contributed by atoms with Crippen molar-refractivity contribution in [2.45, 2.75) is 23.4 Å². The van der Waals surface area contributed by atoms with E-state index in [1.165, 1.54) is 11.3 Å². The number of thiophene rings is 1. The molecule has 5 nitrogen and oxygen atoms in total. The third-order valence-electron chi connectivity index (χ3n) is 2.26. The van der Waals surface area contributed by atoms with Crippen molar-refractivity contribution in [3.8, 4) is 0 Å². The first-order chi connectivity index (χ1) is 9.74. The first-order valence-electron chi connectivity index (χ1n) is 6.04. The van der Waals surface area contributed by atoms with Gasteiger partial charge in [0.05, 0.1) is 18.1 Å². The molecule has 1 heterocycles. The molecule has 10 heteroatoms. The first kappa shape index (κ1) is 19.2. The summed E-state index contributed by atoms with van der Waals surface area (Å²) in [5.74, 6) is -1.93. The fourth-order valence-electron chi connectivity index (χ4n) is 1.49. The zero-order valence-electron chi connectivity index (χ0n) is 11.3. The molecule has 0 aliphatic carbocycles. The first-order valence-corrected chi connectivity index (χ1v) is 9.67. The van der Waals surface area contributed by atoms with Crippen LogP contribution < -0.4 is 5.32 Å². The summed E-state index contributed by atoms with van der Waals surface area (Å²) in [6.45, 7) is 3.43. The molecule has 0 saturated carbocycles. The van der Waals surface area contributed by atoms with Crippen LogP contribution in [-0.2, 0) is 13.6 Å². The Morgan fingerprint density at radius 3 is 2.33 bits per heavy atom. The number of amides is 1. The summed E-state index contributed by atoms with van der Waals surface area (Å²) in [6, 6.07) is 3.30. The molecular formula is C11H15Cl3NO4PS. The number of alkyl halides is 3. The van der Waals surface area contributed by atoms with Crippen molar-refractivity contribution < 1.29 is 18.4 Å². The molecule has 0 aliphatic heterocycles. The summed E-state index contributed by atoms with van der Waals surface area (Å²) >= 11 is 18.8. The van der Waals surface area contributed by atoms with E-state index >= 15 is 0 Å². The number of halogens is 3. The van der Waals surface area contributed by atoms with E-state index in [2.05, 4.69) is 5.32 Å². The fourth-order valence-corrected chi connectivity index (χ4v) is 5.08. The van der Waals surface area contributed by atoms with Crippen molar-refractivity contribution in [1.29, 1.82) is 0 Å². The van der Waals surface area contributed by atoms with Gasteiger partial charge in [-0.3, -0.25) is 9.36 Å². The highest BCUT2D eigenvalue weighted by Gasteiger charge is 2.49. The number of hydrogen-bond donors (Lipinski definition) is 1. The molecule has 0 aliphatic rings. The normalized spacial score (nSPS) is 14.0. The topological polar surface area (TPSA) is 64.6 Å². The fraction of sp³-hybridized carbons (Fsp3) is 0.545. The molecule has 0 bridgehead atoms. The van der Waals surface area contributed by atoms with E-state index in [4.69, 9.17) is 43.9 Å². The summed E-state index contributed by atoms with van der Waals surface area (Å²) < 4.78 is 21.0. The van der Waals surface area contributed by atoms with Gasteiger partial charge in [-0.2, -0.15) is 0 Å². The standard InChI is InChI=1S/C11H15Cl3NO4PS/c1-3-18-20(17,19-4-2)10(11(12,13)14)15-9(16)8-6-5-7-21-8/h5-7,10H,3-4H2,1-2H3,(H,15,16)/t10-/m0/s1. The van der Waals surface area contributed by atoms with E-state index in [1.54, 1.807) is 31.4 Å². The lowest BCUT2D eigenvalue weighted by molar-refractivity contribution is 0.0942. The van der Waals surface area contributed by atoms with Crippen LogP contribution in [0.15, 0.2) is 17.5 Å². The molecule has 0 aromatic carbocycles. The third-order valence-corrected chi connectivity index (χ3v) is 6.62. The second kappa shape index (κ2) is 8.16. The highest BCUT2D eigenvalue weighted by molar-refractivity contribution is 7.55. The third kappa shape index (κ3) is 5.39. The average Bonchev–Trinajstić information content (AvgIpc) is 2.88. The number of carbonyl (C=O) groups is 1. The minimum Gasteiger partial charge on any atom is -0.334 e. The quantitative estimate of drug-likeness (QED) is 0.548. The second-order valence-corrected chi connectivity index (χ2v) is 9.20. The Morgan fingerprint density at radius 2 is 1.95 bits per heavy atom. The minimum absolute atomic E-state index is 0.0867. The molecule has 0 spiro atoms. The Balaban J connectivity index is 3.05. The SMILES string of the molecule is CCOP(=O)(OCC)[C@H](NC(=O)c1cccs1)C(Cl)(Cl)Cl. The van der Waals surface area contributed by atoms with Gasteiger partial charge in [-0.15, -0.1) is 11.3 Å². The van der Waals surface area contributed by atoms with E-state index < -0.39 is 23.1 Å². The molecule has 21 heavy (non-hydrogen) atoms. The van der Waals surface area contributed by atoms with Gasteiger partial charge in [-0.05, 0) is 25.3 Å². The van der Waals surface area contributed by atoms with Crippen LogP contribution >= 0.6 is 53.7 Å². The van der Waals surface area contributed by atoms with Crippen LogP contribution in [0.1, 0.15) is 23.5 Å². The van der Waals surface area contributed by atoms with Gasteiger partial charge in [0.15, 0.2) is 5.78 Å². The number of rotatable bonds is 7. The van der Waals surface area contributed by atoms with Gasteiger partial charge in [-0.1, -0.05) is 40.9 Å². The summed E-state index contributed by atoms with van der Waals surface area (Å²) in [4.78, 5) is 12.5. The smallest absolute Gasteiger partial charge is 0.334 e. The summed E-state index contributed by atoms with van der Waals surface area (Å²) in [6.07, 6.45) is 0. The average molecular weight is 395 g/mol. The zero-order chi connectivity index (χ0) is 16.1. The Morgan fingerprint density at radius 1 is 1.38 bits per heavy atom. The van der Waals surface area contributed by atoms with Gasteiger partial charge in [0.2, 0.25) is 3.79 Å². The Hall–Kier alpha value is 0.190. The molecule has 0 radical (unpaired) electrons. The summed E-state index contributed by atoms with van der Waals surface area (Å²) in [5.41, 5.74) is 0. The number of nitrogens with one attached hydrogen (secondary N) is 1. The van der Waals surface area contributed by atoms with Crippen molar-refractivity contribution in [2.24, 2.45) is 0 Å². The molecule has 1 amide bonds. The Kier molecular flexibility index (Phi) is 7.47. The number of hydrogen-bond acceptors (Lipinski definition) is 5. The predicted molar refractivity (Wildman–Crippen MR) is 86.7 cm³/mol. The van der Waals surface area contributed by atoms with Crippen molar-refractivity contribution in [1.82, 2.24) is 5.32 Å². The van der Waals surface area contributed by atoms with Gasteiger partial charge in [-0.25, -0.2) is 0 Å². The van der Waals surface area contributed by atoms with Gasteiger partial charge < -0.3 is 14.4 Å². The van der Waals surface area contributed by atoms with Crippen molar-refractivity contribution in [2.75, 3.05) is 13.2 Å². The van der Waals surface area contributed by atoms with E-state index in [0.717, 1.165) is 0 Å². The molecular weight excluding hydrogens is 380 g/mol. The van der Waals surface area contributed by atoms with Crippen LogP contribution in [-0.4, -0.2) is 28.7 Å². The van der Waals surface area contributed by atoms with Crippen LogP contribution in [0, 0.1) is 0 Å². The molecule has 0 saturated heterocycles. The van der Waals surface area contributed by atoms with E-state index in [1.807, 2.05) is 0 Å². The monoisotopic (exact) mass is 393 g/mol. The van der Waals surface area contributed by atoms with Gasteiger partial charge in [0, 0.05) is 0 Å². The van der Waals surface area contributed by atoms with Crippen molar-refractivity contribution in [3.05, 3.63) is 22.4 Å². The van der Waals surface area contributed by atoms with Crippen LogP contribution in [0.4, 0.5) is 0 Å². The van der Waals surface area contributed by atoms with Crippen molar-refractivity contribution >= 4 is 59.6 Å². The zero-order valence-corrected chi connectivity index (χ0v) is 15.3. The van der Waals surface area contributed by atoms with Crippen LogP contribution in [0.3, 0.4) is 0 Å². The maximum absolute atomic E-state index is 12.8. The lowest BCUT2D eigenvalue weighted by Crippen LogP contribution is -2.44. The lowest BCUT2D eigenvalue weighted by atomic mass is 10.4. The minimum atomic E-state index is -3.83.